The number of thiophene rings is 2. The molecule has 1 aliphatic rings. The van der Waals surface area contributed by atoms with Gasteiger partial charge in [0.25, 0.3) is 0 Å². The number of nitrogens with zero attached hydrogens (tertiary/aromatic N) is 1. The van der Waals surface area contributed by atoms with Gasteiger partial charge in [-0.2, -0.15) is 0 Å². The minimum Gasteiger partial charge on any atom is -0.310 e. The molecule has 0 aliphatic heterocycles. The number of fused-ring (bicyclic) bond motifs is 11. The van der Waals surface area contributed by atoms with Crippen molar-refractivity contribution in [2.24, 2.45) is 0 Å². The van der Waals surface area contributed by atoms with Gasteiger partial charge in [-0.1, -0.05) is 206 Å². The number of benzene rings is 11. The van der Waals surface area contributed by atoms with Crippen molar-refractivity contribution in [1.29, 1.82) is 0 Å². The zero-order valence-electron chi connectivity index (χ0n) is 36.9. The minimum atomic E-state index is -0.514. The summed E-state index contributed by atoms with van der Waals surface area (Å²) in [5.41, 5.74) is 15.4. The van der Waals surface area contributed by atoms with E-state index < -0.39 is 5.41 Å². The minimum absolute atomic E-state index is 0.514. The van der Waals surface area contributed by atoms with Crippen LogP contribution in [0.2, 0.25) is 0 Å². The van der Waals surface area contributed by atoms with E-state index in [0.717, 1.165) is 17.1 Å². The molecule has 1 aliphatic carbocycles. The molecule has 0 unspecified atom stereocenters. The summed E-state index contributed by atoms with van der Waals surface area (Å²) in [6.07, 6.45) is 0. The number of hydrogen-bond donors (Lipinski definition) is 0. The number of anilines is 3. The fraction of sp³-hybridized carbons (Fsp3) is 0.0154. The lowest BCUT2D eigenvalue weighted by Crippen LogP contribution is -2.28. The molecule has 0 saturated carbocycles. The number of hydrogen-bond acceptors (Lipinski definition) is 3. The van der Waals surface area contributed by atoms with E-state index in [4.69, 9.17) is 0 Å². The Morgan fingerprint density at radius 3 is 1.63 bits per heavy atom. The molecule has 0 spiro atoms. The molecule has 0 amide bonds. The van der Waals surface area contributed by atoms with Crippen LogP contribution in [0.4, 0.5) is 17.1 Å². The molecular weight excluding hydrogens is 859 g/mol. The van der Waals surface area contributed by atoms with Crippen molar-refractivity contribution in [2.45, 2.75) is 5.41 Å². The van der Waals surface area contributed by atoms with Gasteiger partial charge in [0.15, 0.2) is 0 Å². The topological polar surface area (TPSA) is 3.24 Å². The second-order valence-electron chi connectivity index (χ2n) is 17.9. The van der Waals surface area contributed by atoms with Crippen molar-refractivity contribution in [2.75, 3.05) is 4.90 Å². The molecule has 0 N–H and O–H groups in total. The van der Waals surface area contributed by atoms with Crippen molar-refractivity contribution in [1.82, 2.24) is 0 Å². The van der Waals surface area contributed by atoms with Gasteiger partial charge in [-0.05, 0) is 103 Å². The highest BCUT2D eigenvalue weighted by Gasteiger charge is 2.47. The van der Waals surface area contributed by atoms with Gasteiger partial charge < -0.3 is 4.90 Å². The van der Waals surface area contributed by atoms with Crippen molar-refractivity contribution >= 4 is 90.9 Å². The van der Waals surface area contributed by atoms with Gasteiger partial charge in [0.2, 0.25) is 0 Å². The fourth-order valence-corrected chi connectivity index (χ4v) is 13.9. The SMILES string of the molecule is c1ccc(C2(c3ccccc3)c3ccccc3-c3c(N(c4ccc(-c5cccc6c5sc5c7ccccc7ccc65)cc4)c4ccc(-c5cccc6sc7ccccc7c56)cc4)cccc32)cc1. The van der Waals surface area contributed by atoms with Crippen LogP contribution in [-0.4, -0.2) is 0 Å². The first kappa shape index (κ1) is 39.1. The van der Waals surface area contributed by atoms with Gasteiger partial charge in [-0.25, -0.2) is 0 Å². The van der Waals surface area contributed by atoms with Crippen LogP contribution in [0.1, 0.15) is 22.3 Å². The number of rotatable bonds is 7. The predicted octanol–water partition coefficient (Wildman–Crippen LogP) is 18.7. The van der Waals surface area contributed by atoms with Crippen LogP contribution in [0.25, 0.3) is 84.5 Å². The first-order valence-electron chi connectivity index (χ1n) is 23.3. The van der Waals surface area contributed by atoms with Crippen LogP contribution in [0, 0.1) is 0 Å². The average Bonchev–Trinajstić information content (AvgIpc) is 4.09. The maximum Gasteiger partial charge on any atom is 0.0714 e. The Labute approximate surface area is 403 Å². The molecule has 0 radical (unpaired) electrons. The van der Waals surface area contributed by atoms with E-state index >= 15 is 0 Å². The molecular formula is C65H41NS2. The van der Waals surface area contributed by atoms with E-state index in [1.54, 1.807) is 0 Å². The Morgan fingerprint density at radius 2 is 0.868 bits per heavy atom. The molecule has 1 nitrogen and oxygen atoms in total. The summed E-state index contributed by atoms with van der Waals surface area (Å²) in [6, 6.07) is 92.4. The van der Waals surface area contributed by atoms with E-state index in [1.165, 1.54) is 107 Å². The van der Waals surface area contributed by atoms with Crippen molar-refractivity contribution in [3.05, 3.63) is 271 Å². The van der Waals surface area contributed by atoms with Crippen LogP contribution < -0.4 is 4.90 Å². The maximum atomic E-state index is 2.49. The standard InChI is InChI=1S/C65H41NS2/c1-3-17-45(18-4-1)65(46-19-5-2-6-20-46)56-27-11-9-22-54(56)62-57(65)28-15-29-58(62)66(47-37-32-43(33-38-47)49-24-14-31-60-61(49)55-23-10-12-30-59(55)67-60)48-39-34-44(35-40-48)51-25-13-26-52-53-41-36-42-16-7-8-21-50(42)64(53)68-63(51)52/h1-41H. The van der Waals surface area contributed by atoms with Crippen LogP contribution in [-0.2, 0) is 5.41 Å². The third-order valence-electron chi connectivity index (χ3n) is 14.4. The Kier molecular flexibility index (Phi) is 8.92. The summed E-state index contributed by atoms with van der Waals surface area (Å²) in [7, 11) is 0. The molecule has 0 bridgehead atoms. The molecule has 318 valence electrons. The third-order valence-corrected chi connectivity index (χ3v) is 16.8. The van der Waals surface area contributed by atoms with Crippen molar-refractivity contribution < 1.29 is 0 Å². The van der Waals surface area contributed by atoms with Crippen LogP contribution in [0.3, 0.4) is 0 Å². The lowest BCUT2D eigenvalue weighted by molar-refractivity contribution is 0.768. The van der Waals surface area contributed by atoms with E-state index in [9.17, 15) is 0 Å². The Hall–Kier alpha value is -8.08. The molecule has 2 heterocycles. The van der Waals surface area contributed by atoms with Gasteiger partial charge in [-0.15, -0.1) is 22.7 Å². The van der Waals surface area contributed by atoms with Crippen molar-refractivity contribution in [3.8, 4) is 33.4 Å². The van der Waals surface area contributed by atoms with Crippen molar-refractivity contribution in [3.63, 3.8) is 0 Å². The van der Waals surface area contributed by atoms with Gasteiger partial charge in [-0.3, -0.25) is 0 Å². The van der Waals surface area contributed by atoms with E-state index in [1.807, 2.05) is 22.7 Å². The highest BCUT2D eigenvalue weighted by molar-refractivity contribution is 7.27. The van der Waals surface area contributed by atoms with Gasteiger partial charge in [0.1, 0.15) is 0 Å². The molecule has 0 fully saturated rings. The summed E-state index contributed by atoms with van der Waals surface area (Å²) in [6.45, 7) is 0. The second-order valence-corrected chi connectivity index (χ2v) is 20.0. The van der Waals surface area contributed by atoms with E-state index in [2.05, 4.69) is 254 Å². The molecule has 11 aromatic carbocycles. The quantitative estimate of drug-likeness (QED) is 0.154. The normalized spacial score (nSPS) is 12.8. The predicted molar refractivity (Wildman–Crippen MR) is 293 cm³/mol. The monoisotopic (exact) mass is 899 g/mol. The Morgan fingerprint density at radius 1 is 0.324 bits per heavy atom. The lowest BCUT2D eigenvalue weighted by Gasteiger charge is -2.34. The Bertz CT molecular complexity index is 4030. The molecule has 14 rings (SSSR count). The average molecular weight is 900 g/mol. The zero-order chi connectivity index (χ0) is 44.8. The van der Waals surface area contributed by atoms with Gasteiger partial charge in [0.05, 0.1) is 11.1 Å². The summed E-state index contributed by atoms with van der Waals surface area (Å²) in [5.74, 6) is 0. The molecule has 0 atom stereocenters. The fourth-order valence-electron chi connectivity index (χ4n) is 11.4. The zero-order valence-corrected chi connectivity index (χ0v) is 38.6. The third kappa shape index (κ3) is 5.80. The van der Waals surface area contributed by atoms with E-state index in [-0.39, 0.29) is 0 Å². The van der Waals surface area contributed by atoms with Crippen LogP contribution in [0.5, 0.6) is 0 Å². The second kappa shape index (κ2) is 15.5. The molecule has 13 aromatic rings. The smallest absolute Gasteiger partial charge is 0.0714 e. The van der Waals surface area contributed by atoms with Gasteiger partial charge in [0, 0.05) is 57.3 Å². The Balaban J connectivity index is 0.971. The lowest BCUT2D eigenvalue weighted by atomic mass is 9.68. The van der Waals surface area contributed by atoms with Crippen LogP contribution >= 0.6 is 22.7 Å². The molecule has 2 aromatic heterocycles. The summed E-state index contributed by atoms with van der Waals surface area (Å²) in [5, 5.41) is 7.86. The summed E-state index contributed by atoms with van der Waals surface area (Å²) < 4.78 is 5.30. The molecule has 3 heteroatoms. The summed E-state index contributed by atoms with van der Waals surface area (Å²) >= 11 is 3.78. The van der Waals surface area contributed by atoms with Crippen LogP contribution in [0.15, 0.2) is 249 Å². The molecule has 68 heavy (non-hydrogen) atoms. The largest absolute Gasteiger partial charge is 0.310 e. The highest BCUT2D eigenvalue weighted by Crippen LogP contribution is 2.59. The van der Waals surface area contributed by atoms with Gasteiger partial charge >= 0.3 is 0 Å². The van der Waals surface area contributed by atoms with E-state index in [0.29, 0.717) is 0 Å². The first-order chi connectivity index (χ1) is 33.7. The maximum absolute atomic E-state index is 2.49. The first-order valence-corrected chi connectivity index (χ1v) is 25.0. The molecule has 0 saturated heterocycles. The highest BCUT2D eigenvalue weighted by atomic mass is 32.1. The summed E-state index contributed by atoms with van der Waals surface area (Å²) in [4.78, 5) is 2.49.